The number of nitrogens with zero attached hydrogens (tertiary/aromatic N) is 1. The average Bonchev–Trinajstić information content (AvgIpc) is 2.62. The molecule has 0 spiro atoms. The van der Waals surface area contributed by atoms with Crippen LogP contribution in [0.4, 0.5) is 0 Å². The third kappa shape index (κ3) is 3.67. The van der Waals surface area contributed by atoms with Gasteiger partial charge in [-0.3, -0.25) is 0 Å². The van der Waals surface area contributed by atoms with Crippen molar-refractivity contribution in [3.05, 3.63) is 0 Å². The Morgan fingerprint density at radius 3 is 2.47 bits per heavy atom. The van der Waals surface area contributed by atoms with Gasteiger partial charge in [0.25, 0.3) is 0 Å². The van der Waals surface area contributed by atoms with Gasteiger partial charge in [0, 0.05) is 24.5 Å². The normalized spacial score (nSPS) is 31.9. The third-order valence-corrected chi connectivity index (χ3v) is 4.54. The van der Waals surface area contributed by atoms with Crippen LogP contribution in [0.5, 0.6) is 0 Å². The van der Waals surface area contributed by atoms with Crippen molar-refractivity contribution in [2.45, 2.75) is 50.6 Å². The lowest BCUT2D eigenvalue weighted by Gasteiger charge is -2.30. The van der Waals surface area contributed by atoms with Crippen LogP contribution in [0.3, 0.4) is 0 Å². The van der Waals surface area contributed by atoms with E-state index in [0.29, 0.717) is 12.0 Å². The second kappa shape index (κ2) is 6.72. The van der Waals surface area contributed by atoms with E-state index in [2.05, 4.69) is 24.3 Å². The fourth-order valence-electron chi connectivity index (χ4n) is 3.32. The van der Waals surface area contributed by atoms with E-state index in [0.717, 1.165) is 19.3 Å². The number of rotatable bonds is 4. The first kappa shape index (κ1) is 13.3. The largest absolute Gasteiger partial charge is 0.379 e. The first-order valence-corrected chi connectivity index (χ1v) is 7.26. The van der Waals surface area contributed by atoms with E-state index in [-0.39, 0.29) is 0 Å². The van der Waals surface area contributed by atoms with Gasteiger partial charge < -0.3 is 15.0 Å². The molecule has 0 aromatic rings. The zero-order valence-corrected chi connectivity index (χ0v) is 11.5. The van der Waals surface area contributed by atoms with Gasteiger partial charge in [0.2, 0.25) is 0 Å². The van der Waals surface area contributed by atoms with E-state index >= 15 is 0 Å². The molecular weight excluding hydrogens is 212 g/mol. The van der Waals surface area contributed by atoms with E-state index in [1.54, 1.807) is 0 Å². The molecule has 2 unspecified atom stereocenters. The van der Waals surface area contributed by atoms with Gasteiger partial charge >= 0.3 is 0 Å². The van der Waals surface area contributed by atoms with Gasteiger partial charge in [-0.25, -0.2) is 0 Å². The van der Waals surface area contributed by atoms with Gasteiger partial charge in [-0.05, 0) is 26.9 Å². The summed E-state index contributed by atoms with van der Waals surface area (Å²) >= 11 is 0. The number of likely N-dealkylation sites (N-methyl/N-ethyl adjacent to an activating group) is 1. The molecule has 2 aliphatic rings. The van der Waals surface area contributed by atoms with Crippen LogP contribution in [0.15, 0.2) is 0 Å². The number of hydrogen-bond acceptors (Lipinski definition) is 3. The van der Waals surface area contributed by atoms with Crippen LogP contribution >= 0.6 is 0 Å². The van der Waals surface area contributed by atoms with Gasteiger partial charge in [-0.1, -0.05) is 25.7 Å². The van der Waals surface area contributed by atoms with Crippen LogP contribution < -0.4 is 5.32 Å². The van der Waals surface area contributed by atoms with Crippen molar-refractivity contribution in [3.63, 3.8) is 0 Å². The molecule has 0 radical (unpaired) electrons. The summed E-state index contributed by atoms with van der Waals surface area (Å²) in [5.74, 6) is 0.674. The monoisotopic (exact) mass is 240 g/mol. The molecule has 1 heterocycles. The van der Waals surface area contributed by atoms with E-state index in [9.17, 15) is 0 Å². The molecule has 17 heavy (non-hydrogen) atoms. The van der Waals surface area contributed by atoms with Crippen LogP contribution in [0.1, 0.15) is 38.5 Å². The van der Waals surface area contributed by atoms with Gasteiger partial charge in [0.1, 0.15) is 0 Å². The predicted octanol–water partition coefficient (Wildman–Crippen LogP) is 1.88. The first-order valence-electron chi connectivity index (χ1n) is 7.26. The molecule has 0 aromatic carbocycles. The molecule has 1 N–H and O–H groups in total. The maximum absolute atomic E-state index is 5.58. The highest BCUT2D eigenvalue weighted by Gasteiger charge is 2.29. The van der Waals surface area contributed by atoms with Gasteiger partial charge in [-0.15, -0.1) is 0 Å². The Kier molecular flexibility index (Phi) is 5.26. The highest BCUT2D eigenvalue weighted by molar-refractivity contribution is 4.84. The molecule has 1 aliphatic heterocycles. The van der Waals surface area contributed by atoms with Crippen LogP contribution in [-0.4, -0.2) is 50.8 Å². The number of ether oxygens (including phenoxy) is 1. The standard InChI is InChI=1S/C14H28N2O/c1-15-14-11-17-10-12(14)9-16(2)13-7-5-3-4-6-8-13/h12-15H,3-11H2,1-2H3. The molecule has 0 aromatic heterocycles. The molecule has 2 fully saturated rings. The lowest BCUT2D eigenvalue weighted by atomic mass is 10.0. The smallest absolute Gasteiger partial charge is 0.0623 e. The molecule has 1 aliphatic carbocycles. The molecule has 1 saturated heterocycles. The molecule has 0 amide bonds. The highest BCUT2D eigenvalue weighted by atomic mass is 16.5. The van der Waals surface area contributed by atoms with E-state index < -0.39 is 0 Å². The summed E-state index contributed by atoms with van der Waals surface area (Å²) in [4.78, 5) is 2.59. The Morgan fingerprint density at radius 2 is 1.82 bits per heavy atom. The van der Waals surface area contributed by atoms with Crippen LogP contribution in [0.2, 0.25) is 0 Å². The maximum Gasteiger partial charge on any atom is 0.0623 e. The Bertz CT molecular complexity index is 214. The average molecular weight is 240 g/mol. The number of hydrogen-bond donors (Lipinski definition) is 1. The van der Waals surface area contributed by atoms with Crippen LogP contribution in [-0.2, 0) is 4.74 Å². The highest BCUT2D eigenvalue weighted by Crippen LogP contribution is 2.23. The Morgan fingerprint density at radius 1 is 1.12 bits per heavy atom. The molecule has 2 atom stereocenters. The van der Waals surface area contributed by atoms with Crippen LogP contribution in [0.25, 0.3) is 0 Å². The van der Waals surface area contributed by atoms with Gasteiger partial charge in [0.05, 0.1) is 13.2 Å². The SMILES string of the molecule is CNC1COCC1CN(C)C1CCCCCC1. The van der Waals surface area contributed by atoms with Crippen molar-refractivity contribution in [1.29, 1.82) is 0 Å². The summed E-state index contributed by atoms with van der Waals surface area (Å²) in [6.07, 6.45) is 8.52. The minimum atomic E-state index is 0.559. The van der Waals surface area contributed by atoms with Crippen molar-refractivity contribution >= 4 is 0 Å². The lowest BCUT2D eigenvalue weighted by Crippen LogP contribution is -2.42. The maximum atomic E-state index is 5.58. The van der Waals surface area contributed by atoms with E-state index in [1.807, 2.05) is 0 Å². The third-order valence-electron chi connectivity index (χ3n) is 4.54. The lowest BCUT2D eigenvalue weighted by molar-refractivity contribution is 0.154. The minimum Gasteiger partial charge on any atom is -0.379 e. The molecule has 0 bridgehead atoms. The Balaban J connectivity index is 1.80. The summed E-state index contributed by atoms with van der Waals surface area (Å²) < 4.78 is 5.58. The minimum absolute atomic E-state index is 0.559. The summed E-state index contributed by atoms with van der Waals surface area (Å²) in [6, 6.07) is 1.37. The molecule has 1 saturated carbocycles. The molecule has 2 rings (SSSR count). The number of nitrogens with one attached hydrogen (secondary N) is 1. The summed E-state index contributed by atoms with van der Waals surface area (Å²) in [5.41, 5.74) is 0. The Labute approximate surface area is 106 Å². The summed E-state index contributed by atoms with van der Waals surface area (Å²) in [6.45, 7) is 3.01. The molecule has 100 valence electrons. The van der Waals surface area contributed by atoms with Crippen molar-refractivity contribution in [2.24, 2.45) is 5.92 Å². The fourth-order valence-corrected chi connectivity index (χ4v) is 3.32. The molecule has 3 heteroatoms. The van der Waals surface area contributed by atoms with Crippen molar-refractivity contribution in [1.82, 2.24) is 10.2 Å². The van der Waals surface area contributed by atoms with Crippen LogP contribution in [0, 0.1) is 5.92 Å². The summed E-state index contributed by atoms with van der Waals surface area (Å²) in [7, 11) is 4.36. The molecular formula is C14H28N2O. The first-order chi connectivity index (χ1) is 8.31. The van der Waals surface area contributed by atoms with Gasteiger partial charge in [0.15, 0.2) is 0 Å². The van der Waals surface area contributed by atoms with Crippen molar-refractivity contribution in [3.8, 4) is 0 Å². The Hall–Kier alpha value is -0.120. The van der Waals surface area contributed by atoms with E-state index in [1.165, 1.54) is 45.1 Å². The topological polar surface area (TPSA) is 24.5 Å². The van der Waals surface area contributed by atoms with Crippen molar-refractivity contribution in [2.75, 3.05) is 33.9 Å². The zero-order chi connectivity index (χ0) is 12.1. The summed E-state index contributed by atoms with van der Waals surface area (Å²) in [5, 5.41) is 3.38. The second-order valence-electron chi connectivity index (χ2n) is 5.78. The quantitative estimate of drug-likeness (QED) is 0.759. The predicted molar refractivity (Wildman–Crippen MR) is 71.3 cm³/mol. The molecule has 3 nitrogen and oxygen atoms in total. The second-order valence-corrected chi connectivity index (χ2v) is 5.78. The van der Waals surface area contributed by atoms with Crippen molar-refractivity contribution < 1.29 is 4.74 Å². The zero-order valence-electron chi connectivity index (χ0n) is 11.5. The van der Waals surface area contributed by atoms with E-state index in [4.69, 9.17) is 4.74 Å². The fraction of sp³-hybridized carbons (Fsp3) is 1.00. The van der Waals surface area contributed by atoms with Gasteiger partial charge in [-0.2, -0.15) is 0 Å².